The largest absolute Gasteiger partial charge is 0.481 e. The van der Waals surface area contributed by atoms with Crippen LogP contribution < -0.4 is 80.6 Å². The monoisotopic (exact) mass is 1540 g/mol. The number of aliphatic hydroxyl groups is 1. The van der Waals surface area contributed by atoms with Crippen LogP contribution in [0.15, 0.2) is 0 Å². The summed E-state index contributed by atoms with van der Waals surface area (Å²) in [5, 5.41) is 88.0. The molecule has 0 spiro atoms. The number of nitrogens with one attached hydrogen (secondary N) is 13. The number of hydrogen-bond acceptors (Lipinski definition) is 23. The van der Waals surface area contributed by atoms with Crippen LogP contribution in [-0.4, -0.2) is 270 Å². The van der Waals surface area contributed by atoms with Gasteiger partial charge < -0.3 is 116 Å². The predicted octanol–water partition coefficient (Wildman–Crippen LogP) is -7.04. The Morgan fingerprint density at radius 2 is 0.813 bits per heavy atom. The number of nitrogens with zero attached hydrogens (tertiary/aromatic N) is 1. The summed E-state index contributed by atoms with van der Waals surface area (Å²) in [6, 6.07) is -21.6. The van der Waals surface area contributed by atoms with E-state index in [1.54, 1.807) is 27.7 Å². The highest BCUT2D eigenvalue weighted by Crippen LogP contribution is 2.21. The van der Waals surface area contributed by atoms with Crippen molar-refractivity contribution in [3.05, 3.63) is 0 Å². The first-order valence-electron chi connectivity index (χ1n) is 34.3. The number of thioether (sulfide) groups is 1. The molecule has 1 fully saturated rings. The Kier molecular flexibility index (Phi) is 41.8. The number of nitrogens with two attached hydrogens (primary N) is 2. The first-order chi connectivity index (χ1) is 49.8. The number of likely N-dealkylation sites (tertiary alicyclic amines) is 1. The van der Waals surface area contributed by atoms with Crippen LogP contribution in [-0.2, 0) is 95.9 Å². The maximum absolute atomic E-state index is 14.5. The Labute approximate surface area is 619 Å². The van der Waals surface area contributed by atoms with Crippen molar-refractivity contribution in [3.8, 4) is 0 Å². The zero-order chi connectivity index (χ0) is 81.9. The summed E-state index contributed by atoms with van der Waals surface area (Å²) in [4.78, 5) is 262. The molecular weight excluding hydrogens is 1440 g/mol. The lowest BCUT2D eigenvalue weighted by Gasteiger charge is -2.31. The molecule has 107 heavy (non-hydrogen) atoms. The molecule has 1 rings (SSSR count). The third kappa shape index (κ3) is 35.5. The molecule has 0 aromatic carbocycles. The molecule has 602 valence electrons. The minimum Gasteiger partial charge on any atom is -0.481 e. The lowest BCUT2D eigenvalue weighted by Crippen LogP contribution is -2.61. The molecule has 0 unspecified atom stereocenters. The van der Waals surface area contributed by atoms with Crippen molar-refractivity contribution in [3.63, 3.8) is 0 Å². The molecule has 15 atom stereocenters. The van der Waals surface area contributed by atoms with E-state index in [0.717, 1.165) is 25.7 Å². The zero-order valence-corrected chi connectivity index (χ0v) is 62.0. The van der Waals surface area contributed by atoms with Crippen LogP contribution in [0.2, 0.25) is 0 Å². The summed E-state index contributed by atoms with van der Waals surface area (Å²) in [5.41, 5.74) is 11.3. The van der Waals surface area contributed by atoms with Crippen molar-refractivity contribution in [1.29, 1.82) is 0 Å². The number of carboxylic acid groups (broad SMARTS) is 5. The predicted molar refractivity (Wildman–Crippen MR) is 374 cm³/mol. The second-order valence-corrected chi connectivity index (χ2v) is 27.3. The summed E-state index contributed by atoms with van der Waals surface area (Å²) in [6.07, 6.45) is -7.02. The molecule has 0 aliphatic carbocycles. The highest BCUT2D eigenvalue weighted by Gasteiger charge is 2.42. The molecule has 0 aromatic rings. The molecular formula is C64H104N16O26S. The number of amides is 15. The Bertz CT molecular complexity index is 3210. The second kappa shape index (κ2) is 47.3. The van der Waals surface area contributed by atoms with E-state index in [1.807, 2.05) is 6.26 Å². The molecule has 15 amide bonds. The Balaban J connectivity index is 3.48. The van der Waals surface area contributed by atoms with Gasteiger partial charge in [-0.3, -0.25) is 95.9 Å². The number of aliphatic carboxylic acids is 5. The Morgan fingerprint density at radius 1 is 0.430 bits per heavy atom. The fourth-order valence-corrected chi connectivity index (χ4v) is 10.7. The maximum Gasteiger partial charge on any atom is 0.325 e. The van der Waals surface area contributed by atoms with Crippen LogP contribution in [0.4, 0.5) is 0 Å². The summed E-state index contributed by atoms with van der Waals surface area (Å²) in [7, 11) is 0. The van der Waals surface area contributed by atoms with E-state index in [0.29, 0.717) is 12.2 Å². The van der Waals surface area contributed by atoms with Gasteiger partial charge in [0.1, 0.15) is 78.5 Å². The number of carboxylic acids is 5. The van der Waals surface area contributed by atoms with Crippen molar-refractivity contribution in [2.75, 3.05) is 25.1 Å². The average Bonchev–Trinajstić information content (AvgIpc) is 1.79. The average molecular weight is 1550 g/mol. The topological polar surface area (TPSA) is 674 Å². The van der Waals surface area contributed by atoms with Crippen LogP contribution in [0.3, 0.4) is 0 Å². The number of hydrogen-bond donors (Lipinski definition) is 21. The quantitative estimate of drug-likeness (QED) is 0.0269. The summed E-state index contributed by atoms with van der Waals surface area (Å²) in [5.74, 6) is -23.5. The molecule has 0 bridgehead atoms. The first kappa shape index (κ1) is 94.7. The van der Waals surface area contributed by atoms with E-state index < -0.39 is 286 Å². The molecule has 43 heteroatoms. The Morgan fingerprint density at radius 3 is 1.27 bits per heavy atom. The highest BCUT2D eigenvalue weighted by atomic mass is 32.2. The summed E-state index contributed by atoms with van der Waals surface area (Å²) in [6.45, 7) is 11.2. The molecule has 1 aliphatic rings. The van der Waals surface area contributed by atoms with Crippen molar-refractivity contribution in [2.24, 2.45) is 23.3 Å². The molecule has 1 aliphatic heterocycles. The third-order valence-electron chi connectivity index (χ3n) is 16.3. The van der Waals surface area contributed by atoms with Gasteiger partial charge in [-0.15, -0.1) is 0 Å². The van der Waals surface area contributed by atoms with Gasteiger partial charge in [0.15, 0.2) is 0 Å². The number of aliphatic hydroxyl groups excluding tert-OH is 1. The van der Waals surface area contributed by atoms with Gasteiger partial charge in [-0.05, 0) is 116 Å². The van der Waals surface area contributed by atoms with Crippen molar-refractivity contribution < 1.29 is 127 Å². The molecule has 1 heterocycles. The second-order valence-electron chi connectivity index (χ2n) is 26.3. The van der Waals surface area contributed by atoms with Crippen LogP contribution in [0.1, 0.15) is 152 Å². The maximum atomic E-state index is 14.5. The molecule has 0 saturated carbocycles. The fraction of sp³-hybridized carbons (Fsp3) is 0.688. The van der Waals surface area contributed by atoms with Crippen LogP contribution >= 0.6 is 11.8 Å². The van der Waals surface area contributed by atoms with E-state index in [-0.39, 0.29) is 31.7 Å². The van der Waals surface area contributed by atoms with E-state index in [4.69, 9.17) is 16.6 Å². The van der Waals surface area contributed by atoms with Gasteiger partial charge in [-0.1, -0.05) is 27.7 Å². The minimum atomic E-state index is -1.92. The third-order valence-corrected chi connectivity index (χ3v) is 16.9. The molecule has 42 nitrogen and oxygen atoms in total. The van der Waals surface area contributed by atoms with Crippen molar-refractivity contribution >= 4 is 130 Å². The van der Waals surface area contributed by atoms with Crippen LogP contribution in [0.25, 0.3) is 0 Å². The van der Waals surface area contributed by atoms with Gasteiger partial charge in [-0.2, -0.15) is 11.8 Å². The number of carbonyl (C=O) groups is 20. The standard InChI is InChI=1S/C64H104N16O26S/c1-28(2)26-41(77-61(102)49(29(3)4)78-53(94)32(7)68-51(92)30(5)69-54(95)35(65)23-25-107-10)59(100)73-36(14-19-45(84)85)55(96)67-27-44(83)72-37(13-18-43(66)82)56(97)76-40(17-22-48(90)91)63(104)80-24-11-12-42(80)60(101)75-38(15-20-46(86)87)57(98)74-39(16-21-47(88)89)58(99)79-50(34(9)81)62(103)70-31(6)52(93)71-33(8)64(105)106/h28-42,49-50,81H,11-27,65H2,1-10H3,(H2,66,82)(H,67,96)(H,68,92)(H,69,95)(H,70,103)(H,71,93)(H,72,83)(H,73,100)(H,74,98)(H,75,101)(H,76,97)(H,77,102)(H,78,94)(H,79,99)(H,84,85)(H,86,87)(H,88,89)(H,90,91)(H,105,106)/t30-,31-,32-,33-,34+,35-,36-,37-,38-,39-,40-,41-,42-,49-,50-/m0/s1. The molecule has 0 aromatic heterocycles. The van der Waals surface area contributed by atoms with Crippen molar-refractivity contribution in [2.45, 2.75) is 243 Å². The summed E-state index contributed by atoms with van der Waals surface area (Å²) < 4.78 is 0. The minimum absolute atomic E-state index is 0.0412. The molecule has 0 radical (unpaired) electrons. The van der Waals surface area contributed by atoms with Gasteiger partial charge in [0.25, 0.3) is 0 Å². The first-order valence-corrected chi connectivity index (χ1v) is 35.7. The van der Waals surface area contributed by atoms with Crippen LogP contribution in [0, 0.1) is 11.8 Å². The molecule has 23 N–H and O–H groups in total. The lowest BCUT2D eigenvalue weighted by atomic mass is 9.99. The highest BCUT2D eigenvalue weighted by molar-refractivity contribution is 7.98. The lowest BCUT2D eigenvalue weighted by molar-refractivity contribution is -0.144. The zero-order valence-electron chi connectivity index (χ0n) is 61.2. The Hall–Kier alpha value is -10.3. The van der Waals surface area contributed by atoms with Gasteiger partial charge in [-0.25, -0.2) is 0 Å². The van der Waals surface area contributed by atoms with E-state index in [2.05, 4.69) is 69.1 Å². The van der Waals surface area contributed by atoms with Gasteiger partial charge in [0.2, 0.25) is 88.6 Å². The smallest absolute Gasteiger partial charge is 0.325 e. The van der Waals surface area contributed by atoms with E-state index in [9.17, 15) is 121 Å². The number of primary amides is 1. The SMILES string of the molecule is CSCC[C@H](N)C(=O)N[C@@H](C)C(=O)N[C@@H](C)C(=O)N[C@H](C(=O)N[C@@H](CC(C)C)C(=O)N[C@@H](CCC(=O)O)C(=O)NCC(=O)N[C@@H](CCC(N)=O)C(=O)N[C@@H](CCC(=O)O)C(=O)N1CCC[C@H]1C(=O)N[C@@H](CCC(=O)O)C(=O)N[C@@H](CCC(=O)O)C(=O)N[C@H](C(=O)N[C@@H](C)C(=O)N[C@@H](C)C(=O)O)[C@@H](C)O)C(C)C. The van der Waals surface area contributed by atoms with Crippen molar-refractivity contribution in [1.82, 2.24) is 74.0 Å². The number of carbonyl (C=O) groups excluding carboxylic acids is 15. The van der Waals surface area contributed by atoms with Gasteiger partial charge in [0, 0.05) is 38.6 Å². The normalized spacial score (nSPS) is 16.4. The fourth-order valence-electron chi connectivity index (χ4n) is 10.2. The molecule has 1 saturated heterocycles. The van der Waals surface area contributed by atoms with Crippen LogP contribution in [0.5, 0.6) is 0 Å². The van der Waals surface area contributed by atoms with E-state index >= 15 is 0 Å². The van der Waals surface area contributed by atoms with Gasteiger partial charge in [0.05, 0.1) is 18.7 Å². The number of rotatable bonds is 50. The van der Waals surface area contributed by atoms with E-state index in [1.165, 1.54) is 25.6 Å². The summed E-state index contributed by atoms with van der Waals surface area (Å²) >= 11 is 1.47. The van der Waals surface area contributed by atoms with Gasteiger partial charge >= 0.3 is 29.8 Å².